The molecule has 2 amide bonds. The second-order valence-electron chi connectivity index (χ2n) is 6.13. The number of amides is 2. The normalized spacial score (nSPS) is 11.8. The van der Waals surface area contributed by atoms with E-state index >= 15 is 0 Å². The summed E-state index contributed by atoms with van der Waals surface area (Å²) in [6.07, 6.45) is 0. The second kappa shape index (κ2) is 10.7. The zero-order valence-electron chi connectivity index (χ0n) is 15.5. The average Bonchev–Trinajstić information content (AvgIpc) is 2.67. The number of nitrogens with one attached hydrogen (secondary N) is 1. The molecular formula is C20H21Cl2FN2O2S. The lowest BCUT2D eigenvalue weighted by atomic mass is 10.1. The molecule has 0 aliphatic heterocycles. The summed E-state index contributed by atoms with van der Waals surface area (Å²) in [6, 6.07) is 10.7. The lowest BCUT2D eigenvalue weighted by molar-refractivity contribution is -0.138. The van der Waals surface area contributed by atoms with Crippen molar-refractivity contribution in [1.82, 2.24) is 10.2 Å². The first-order chi connectivity index (χ1) is 13.3. The molecule has 8 heteroatoms. The van der Waals surface area contributed by atoms with Crippen molar-refractivity contribution in [1.29, 1.82) is 0 Å². The number of halogens is 3. The molecule has 0 fully saturated rings. The largest absolute Gasteiger partial charge is 0.357 e. The highest BCUT2D eigenvalue weighted by Gasteiger charge is 2.26. The van der Waals surface area contributed by atoms with Crippen LogP contribution in [0.4, 0.5) is 4.39 Å². The Morgan fingerprint density at radius 3 is 2.54 bits per heavy atom. The summed E-state index contributed by atoms with van der Waals surface area (Å²) in [5.74, 6) is -0.326. The third-order valence-electron chi connectivity index (χ3n) is 4.21. The fourth-order valence-electron chi connectivity index (χ4n) is 2.57. The van der Waals surface area contributed by atoms with Crippen LogP contribution in [0, 0.1) is 5.82 Å². The van der Waals surface area contributed by atoms with Crippen molar-refractivity contribution in [3.05, 3.63) is 69.5 Å². The molecule has 0 bridgehead atoms. The Morgan fingerprint density at radius 1 is 1.18 bits per heavy atom. The van der Waals surface area contributed by atoms with E-state index in [1.54, 1.807) is 37.3 Å². The van der Waals surface area contributed by atoms with Crippen LogP contribution in [0.15, 0.2) is 42.5 Å². The van der Waals surface area contributed by atoms with Gasteiger partial charge < -0.3 is 10.2 Å². The first-order valence-corrected chi connectivity index (χ1v) is 10.5. The summed E-state index contributed by atoms with van der Waals surface area (Å²) in [6.45, 7) is 1.64. The summed E-state index contributed by atoms with van der Waals surface area (Å²) in [7, 11) is 1.50. The quantitative estimate of drug-likeness (QED) is 0.653. The van der Waals surface area contributed by atoms with Gasteiger partial charge in [-0.2, -0.15) is 0 Å². The molecule has 2 rings (SSSR count). The number of thioether (sulfide) groups is 1. The Labute approximate surface area is 178 Å². The fourth-order valence-corrected chi connectivity index (χ4v) is 4.04. The number of likely N-dealkylation sites (N-methyl/N-ethyl adjacent to an activating group) is 1. The Bertz CT molecular complexity index is 851. The van der Waals surface area contributed by atoms with E-state index in [0.717, 1.165) is 5.56 Å². The topological polar surface area (TPSA) is 49.4 Å². The smallest absolute Gasteiger partial charge is 0.242 e. The molecule has 0 saturated carbocycles. The van der Waals surface area contributed by atoms with Gasteiger partial charge in [-0.3, -0.25) is 9.59 Å². The molecule has 0 saturated heterocycles. The van der Waals surface area contributed by atoms with Crippen molar-refractivity contribution >= 4 is 46.8 Å². The molecule has 1 unspecified atom stereocenters. The van der Waals surface area contributed by atoms with Gasteiger partial charge in [-0.25, -0.2) is 4.39 Å². The van der Waals surface area contributed by atoms with Crippen LogP contribution in [0.3, 0.4) is 0 Å². The molecule has 1 atom stereocenters. The van der Waals surface area contributed by atoms with Gasteiger partial charge in [0.15, 0.2) is 0 Å². The van der Waals surface area contributed by atoms with Gasteiger partial charge in [0.05, 0.1) is 5.75 Å². The number of hydrogen-bond acceptors (Lipinski definition) is 3. The summed E-state index contributed by atoms with van der Waals surface area (Å²) in [5.41, 5.74) is 1.22. The first-order valence-electron chi connectivity index (χ1n) is 8.59. The van der Waals surface area contributed by atoms with Gasteiger partial charge in [-0.05, 0) is 30.7 Å². The Kier molecular flexibility index (Phi) is 8.60. The minimum atomic E-state index is -0.725. The number of benzene rings is 2. The number of carbonyl (C=O) groups excluding carboxylic acids is 2. The summed E-state index contributed by atoms with van der Waals surface area (Å²) in [5, 5.41) is 3.61. The highest BCUT2D eigenvalue weighted by atomic mass is 35.5. The maximum Gasteiger partial charge on any atom is 0.242 e. The SMILES string of the molecule is CNC(=O)C(C)N(Cc1ccccc1F)C(=O)CSCc1ccc(Cl)cc1Cl. The van der Waals surface area contributed by atoms with Crippen molar-refractivity contribution in [2.75, 3.05) is 12.8 Å². The van der Waals surface area contributed by atoms with Gasteiger partial charge in [0, 0.05) is 35.0 Å². The lowest BCUT2D eigenvalue weighted by Crippen LogP contribution is -2.47. The molecule has 0 aromatic heterocycles. The Hall–Kier alpha value is -1.76. The summed E-state index contributed by atoms with van der Waals surface area (Å²) in [4.78, 5) is 26.3. The van der Waals surface area contributed by atoms with Crippen LogP contribution < -0.4 is 5.32 Å². The van der Waals surface area contributed by atoms with Gasteiger partial charge in [-0.15, -0.1) is 11.8 Å². The van der Waals surface area contributed by atoms with Crippen LogP contribution in [-0.2, 0) is 21.9 Å². The van der Waals surface area contributed by atoms with E-state index in [2.05, 4.69) is 5.32 Å². The number of nitrogens with zero attached hydrogens (tertiary/aromatic N) is 1. The van der Waals surface area contributed by atoms with Crippen LogP contribution in [0.25, 0.3) is 0 Å². The van der Waals surface area contributed by atoms with Crippen LogP contribution in [-0.4, -0.2) is 35.6 Å². The van der Waals surface area contributed by atoms with Crippen molar-refractivity contribution in [2.45, 2.75) is 25.3 Å². The Balaban J connectivity index is 2.07. The number of carbonyl (C=O) groups is 2. The highest BCUT2D eigenvalue weighted by Crippen LogP contribution is 2.25. The predicted molar refractivity (Wildman–Crippen MR) is 113 cm³/mol. The van der Waals surface area contributed by atoms with Crippen molar-refractivity contribution in [2.24, 2.45) is 0 Å². The van der Waals surface area contributed by atoms with E-state index < -0.39 is 11.9 Å². The average molecular weight is 443 g/mol. The first kappa shape index (κ1) is 22.5. The molecular weight excluding hydrogens is 422 g/mol. The lowest BCUT2D eigenvalue weighted by Gasteiger charge is -2.28. The van der Waals surface area contributed by atoms with Gasteiger partial charge >= 0.3 is 0 Å². The van der Waals surface area contributed by atoms with Crippen molar-refractivity contribution in [3.63, 3.8) is 0 Å². The van der Waals surface area contributed by atoms with E-state index in [1.807, 2.05) is 6.07 Å². The Morgan fingerprint density at radius 2 is 1.89 bits per heavy atom. The maximum atomic E-state index is 14.0. The third-order valence-corrected chi connectivity index (χ3v) is 5.76. The van der Waals surface area contributed by atoms with E-state index in [4.69, 9.17) is 23.2 Å². The molecule has 28 heavy (non-hydrogen) atoms. The fraction of sp³-hybridized carbons (Fsp3) is 0.300. The van der Waals surface area contributed by atoms with E-state index in [1.165, 1.54) is 29.8 Å². The van der Waals surface area contributed by atoms with E-state index in [9.17, 15) is 14.0 Å². The monoisotopic (exact) mass is 442 g/mol. The highest BCUT2D eigenvalue weighted by molar-refractivity contribution is 7.99. The van der Waals surface area contributed by atoms with E-state index in [-0.39, 0.29) is 24.1 Å². The molecule has 0 aliphatic carbocycles. The van der Waals surface area contributed by atoms with Crippen LogP contribution >= 0.6 is 35.0 Å². The standard InChI is InChI=1S/C20H21Cl2FN2O2S/c1-13(20(27)24-2)25(10-14-5-3-4-6-18(14)23)19(26)12-28-11-15-7-8-16(21)9-17(15)22/h3-9,13H,10-12H2,1-2H3,(H,24,27). The third kappa shape index (κ3) is 6.12. The summed E-state index contributed by atoms with van der Waals surface area (Å²) >= 11 is 13.4. The van der Waals surface area contributed by atoms with Crippen molar-refractivity contribution in [3.8, 4) is 0 Å². The van der Waals surface area contributed by atoms with Crippen molar-refractivity contribution < 1.29 is 14.0 Å². The van der Waals surface area contributed by atoms with Gasteiger partial charge in [0.1, 0.15) is 11.9 Å². The zero-order chi connectivity index (χ0) is 20.7. The molecule has 2 aromatic carbocycles. The summed E-state index contributed by atoms with van der Waals surface area (Å²) < 4.78 is 14.0. The minimum absolute atomic E-state index is 0.0162. The molecule has 2 aromatic rings. The number of hydrogen-bond donors (Lipinski definition) is 1. The minimum Gasteiger partial charge on any atom is -0.357 e. The second-order valence-corrected chi connectivity index (χ2v) is 7.96. The van der Waals surface area contributed by atoms with Crippen LogP contribution in [0.5, 0.6) is 0 Å². The molecule has 0 radical (unpaired) electrons. The molecule has 1 N–H and O–H groups in total. The molecule has 150 valence electrons. The van der Waals surface area contributed by atoms with Crippen LogP contribution in [0.1, 0.15) is 18.1 Å². The predicted octanol–water partition coefficient (Wildman–Crippen LogP) is 4.53. The van der Waals surface area contributed by atoms with E-state index in [0.29, 0.717) is 21.4 Å². The molecule has 4 nitrogen and oxygen atoms in total. The molecule has 0 heterocycles. The molecule has 0 aliphatic rings. The maximum absolute atomic E-state index is 14.0. The molecule has 0 spiro atoms. The number of rotatable bonds is 8. The van der Waals surface area contributed by atoms with Gasteiger partial charge in [0.2, 0.25) is 11.8 Å². The van der Waals surface area contributed by atoms with Gasteiger partial charge in [-0.1, -0.05) is 47.5 Å². The van der Waals surface area contributed by atoms with Crippen LogP contribution in [0.2, 0.25) is 10.0 Å². The van der Waals surface area contributed by atoms with Gasteiger partial charge in [0.25, 0.3) is 0 Å². The zero-order valence-corrected chi connectivity index (χ0v) is 17.9.